The van der Waals surface area contributed by atoms with Gasteiger partial charge in [-0.25, -0.2) is 0 Å². The van der Waals surface area contributed by atoms with E-state index in [1.807, 2.05) is 0 Å². The van der Waals surface area contributed by atoms with Gasteiger partial charge in [0.05, 0.1) is 6.10 Å². The molecule has 3 fully saturated rings. The molecule has 0 aromatic carbocycles. The molecule has 0 heterocycles. The molecule has 1 unspecified atom stereocenters. The normalized spacial score (nSPS) is 48.8. The van der Waals surface area contributed by atoms with Crippen molar-refractivity contribution in [1.82, 2.24) is 0 Å². The molecule has 0 amide bonds. The van der Waals surface area contributed by atoms with E-state index in [1.165, 1.54) is 6.92 Å². The molecule has 29 heavy (non-hydrogen) atoms. The second-order valence-electron chi connectivity index (χ2n) is 10.6. The first kappa shape index (κ1) is 20.8. The molecule has 0 aromatic rings. The lowest BCUT2D eigenvalue weighted by Gasteiger charge is -2.61. The van der Waals surface area contributed by atoms with Crippen molar-refractivity contribution in [3.8, 4) is 0 Å². The number of ether oxygens (including phenoxy) is 1. The van der Waals surface area contributed by atoms with Crippen molar-refractivity contribution < 1.29 is 24.2 Å². The minimum Gasteiger partial charge on any atom is -0.451 e. The van der Waals surface area contributed by atoms with Crippen molar-refractivity contribution >= 4 is 17.5 Å². The maximum atomic E-state index is 12.8. The first-order chi connectivity index (χ1) is 13.5. The first-order valence-corrected chi connectivity index (χ1v) is 11.1. The smallest absolute Gasteiger partial charge is 0.303 e. The molecule has 0 bridgehead atoms. The largest absolute Gasteiger partial charge is 0.451 e. The van der Waals surface area contributed by atoms with E-state index in [-0.39, 0.29) is 52.5 Å². The average Bonchev–Trinajstić information content (AvgIpc) is 2.91. The van der Waals surface area contributed by atoms with E-state index < -0.39 is 11.7 Å². The number of carbonyl (C=O) groups excluding carboxylic acids is 3. The van der Waals surface area contributed by atoms with Crippen molar-refractivity contribution in [2.75, 3.05) is 0 Å². The number of rotatable bonds is 2. The Balaban J connectivity index is 1.76. The van der Waals surface area contributed by atoms with Crippen LogP contribution in [0, 0.1) is 34.5 Å². The van der Waals surface area contributed by atoms with Crippen molar-refractivity contribution in [2.24, 2.45) is 34.5 Å². The summed E-state index contributed by atoms with van der Waals surface area (Å²) in [4.78, 5) is 36.9. The predicted molar refractivity (Wildman–Crippen MR) is 108 cm³/mol. The molecule has 8 atom stereocenters. The molecule has 0 saturated heterocycles. The Labute approximate surface area is 173 Å². The third-order valence-electron chi connectivity index (χ3n) is 9.40. The fourth-order valence-corrected chi connectivity index (χ4v) is 8.07. The third-order valence-corrected chi connectivity index (χ3v) is 9.40. The highest BCUT2D eigenvalue weighted by molar-refractivity contribution is 5.92. The minimum absolute atomic E-state index is 0.0299. The lowest BCUT2D eigenvalue weighted by Crippen LogP contribution is -2.61. The number of aliphatic hydroxyl groups is 1. The number of carbonyl (C=O) groups is 3. The van der Waals surface area contributed by atoms with Crippen LogP contribution in [-0.2, 0) is 19.1 Å². The molecule has 4 aliphatic carbocycles. The zero-order valence-electron chi connectivity index (χ0n) is 18.3. The summed E-state index contributed by atoms with van der Waals surface area (Å²) in [6.07, 6.45) is 5.42. The van der Waals surface area contributed by atoms with E-state index in [2.05, 4.69) is 20.8 Å². The van der Waals surface area contributed by atoms with Crippen LogP contribution in [0.3, 0.4) is 0 Å². The summed E-state index contributed by atoms with van der Waals surface area (Å²) >= 11 is 0. The number of hydrogen-bond acceptors (Lipinski definition) is 5. The topological polar surface area (TPSA) is 80.7 Å². The van der Waals surface area contributed by atoms with Crippen LogP contribution in [0.15, 0.2) is 11.6 Å². The van der Waals surface area contributed by atoms with E-state index in [9.17, 15) is 19.5 Å². The summed E-state index contributed by atoms with van der Waals surface area (Å²) in [6, 6.07) is 0. The molecule has 4 rings (SSSR count). The van der Waals surface area contributed by atoms with Crippen LogP contribution in [0.5, 0.6) is 0 Å². The summed E-state index contributed by atoms with van der Waals surface area (Å²) in [6.45, 7) is 9.40. The van der Waals surface area contributed by atoms with E-state index in [0.29, 0.717) is 12.3 Å². The summed E-state index contributed by atoms with van der Waals surface area (Å²) in [5.74, 6) is 0.729. The van der Waals surface area contributed by atoms with Crippen LogP contribution in [0.2, 0.25) is 0 Å². The maximum absolute atomic E-state index is 12.8. The van der Waals surface area contributed by atoms with E-state index >= 15 is 0 Å². The van der Waals surface area contributed by atoms with Crippen molar-refractivity contribution in [3.63, 3.8) is 0 Å². The minimum atomic E-state index is -1.03. The van der Waals surface area contributed by atoms with Gasteiger partial charge in [0.25, 0.3) is 0 Å². The standard InChI is InChI=1S/C24H34O5/c1-13-10-17-18-7-9-24(14(2)25,29-15(3)26)22(18,4)8-6-19(17)23(5)20(13)11-16(27)12-21(23)28/h11,13,17-19,21,28H,6-10,12H2,1-5H3/t13-,17-,18-,19-,21?,22-,23+,24-/m0/s1. The number of Topliss-reactive ketones (excluding diaryl/α,β-unsaturated/α-hetero) is 1. The van der Waals surface area contributed by atoms with Crippen molar-refractivity contribution in [2.45, 2.75) is 84.8 Å². The Hall–Kier alpha value is -1.49. The summed E-state index contributed by atoms with van der Waals surface area (Å²) in [5.41, 5.74) is -0.684. The van der Waals surface area contributed by atoms with Crippen molar-refractivity contribution in [3.05, 3.63) is 11.6 Å². The van der Waals surface area contributed by atoms with E-state index in [4.69, 9.17) is 4.74 Å². The van der Waals surface area contributed by atoms with Gasteiger partial charge >= 0.3 is 5.97 Å². The Bertz CT molecular complexity index is 799. The van der Waals surface area contributed by atoms with E-state index in [1.54, 1.807) is 13.0 Å². The highest BCUT2D eigenvalue weighted by Gasteiger charge is 2.69. The van der Waals surface area contributed by atoms with Gasteiger partial charge in [0.1, 0.15) is 0 Å². The van der Waals surface area contributed by atoms with Crippen LogP contribution in [-0.4, -0.2) is 34.3 Å². The predicted octanol–water partition coefficient (Wildman–Crippen LogP) is 3.63. The van der Waals surface area contributed by atoms with Crippen LogP contribution in [0.1, 0.15) is 73.1 Å². The first-order valence-electron chi connectivity index (χ1n) is 11.1. The number of hydrogen-bond donors (Lipinski definition) is 1. The second kappa shape index (κ2) is 6.50. The SMILES string of the molecule is CC(=O)O[C@]1(C(C)=O)CC[C@H]2[C@@H]3C[C@H](C)C4=CC(=O)CC(O)[C@]4(C)[C@H]3CC[C@@]21C. The Morgan fingerprint density at radius 2 is 1.79 bits per heavy atom. The van der Waals surface area contributed by atoms with Crippen LogP contribution >= 0.6 is 0 Å². The lowest BCUT2D eigenvalue weighted by atomic mass is 9.44. The molecule has 5 nitrogen and oxygen atoms in total. The number of fused-ring (bicyclic) bond motifs is 5. The number of esters is 1. The highest BCUT2D eigenvalue weighted by atomic mass is 16.6. The van der Waals surface area contributed by atoms with Gasteiger partial charge in [-0.05, 0) is 68.8 Å². The van der Waals surface area contributed by atoms with Gasteiger partial charge in [-0.2, -0.15) is 0 Å². The van der Waals surface area contributed by atoms with Gasteiger partial charge in [-0.1, -0.05) is 26.3 Å². The lowest BCUT2D eigenvalue weighted by molar-refractivity contribution is -0.189. The molecule has 0 aromatic heterocycles. The monoisotopic (exact) mass is 402 g/mol. The Morgan fingerprint density at radius 3 is 2.41 bits per heavy atom. The molecule has 0 radical (unpaired) electrons. The maximum Gasteiger partial charge on any atom is 0.303 e. The van der Waals surface area contributed by atoms with Gasteiger partial charge in [0.15, 0.2) is 17.2 Å². The van der Waals surface area contributed by atoms with Gasteiger partial charge in [-0.15, -0.1) is 0 Å². The Morgan fingerprint density at radius 1 is 1.14 bits per heavy atom. The van der Waals surface area contributed by atoms with Gasteiger partial charge in [-0.3, -0.25) is 14.4 Å². The quantitative estimate of drug-likeness (QED) is 0.714. The highest BCUT2D eigenvalue weighted by Crippen LogP contribution is 2.69. The molecular formula is C24H34O5. The van der Waals surface area contributed by atoms with Gasteiger partial charge in [0, 0.05) is 24.2 Å². The Kier molecular flexibility index (Phi) is 4.66. The van der Waals surface area contributed by atoms with E-state index in [0.717, 1.165) is 31.3 Å². The number of aliphatic hydroxyl groups excluding tert-OH is 1. The van der Waals surface area contributed by atoms with Gasteiger partial charge < -0.3 is 9.84 Å². The zero-order chi connectivity index (χ0) is 21.4. The van der Waals surface area contributed by atoms with Crippen LogP contribution in [0.25, 0.3) is 0 Å². The van der Waals surface area contributed by atoms with Crippen LogP contribution < -0.4 is 0 Å². The molecule has 5 heteroatoms. The summed E-state index contributed by atoms with van der Waals surface area (Å²) in [5, 5.41) is 11.0. The van der Waals surface area contributed by atoms with Gasteiger partial charge in [0.2, 0.25) is 0 Å². The molecule has 160 valence electrons. The molecule has 3 saturated carbocycles. The fourth-order valence-electron chi connectivity index (χ4n) is 8.07. The summed E-state index contributed by atoms with van der Waals surface area (Å²) in [7, 11) is 0. The van der Waals surface area contributed by atoms with Crippen molar-refractivity contribution in [1.29, 1.82) is 0 Å². The summed E-state index contributed by atoms with van der Waals surface area (Å²) < 4.78 is 5.81. The number of ketones is 2. The fraction of sp³-hybridized carbons (Fsp3) is 0.792. The second-order valence-corrected chi connectivity index (χ2v) is 10.6. The molecule has 0 aliphatic heterocycles. The average molecular weight is 403 g/mol. The van der Waals surface area contributed by atoms with Crippen LogP contribution in [0.4, 0.5) is 0 Å². The third kappa shape index (κ3) is 2.58. The zero-order valence-corrected chi connectivity index (χ0v) is 18.3. The molecular weight excluding hydrogens is 368 g/mol. The molecule has 4 aliphatic rings. The molecule has 0 spiro atoms. The molecule has 1 N–H and O–H groups in total.